The van der Waals surface area contributed by atoms with Gasteiger partial charge in [0.2, 0.25) is 6.41 Å². The maximum Gasteiger partial charge on any atom is 0.331 e. The zero-order chi connectivity index (χ0) is 13.2. The number of amides is 1. The summed E-state index contributed by atoms with van der Waals surface area (Å²) >= 11 is 0. The van der Waals surface area contributed by atoms with Crippen molar-refractivity contribution < 1.29 is 14.7 Å². The van der Waals surface area contributed by atoms with Gasteiger partial charge in [-0.25, -0.2) is 4.79 Å². The van der Waals surface area contributed by atoms with Crippen LogP contribution in [-0.2, 0) is 22.1 Å². The first-order chi connectivity index (χ1) is 7.77. The molecule has 0 saturated carbocycles. The predicted molar refractivity (Wildman–Crippen MR) is 61.5 cm³/mol. The fourth-order valence-corrected chi connectivity index (χ4v) is 1.66. The van der Waals surface area contributed by atoms with Gasteiger partial charge in [-0.1, -0.05) is 20.8 Å². The summed E-state index contributed by atoms with van der Waals surface area (Å²) in [7, 11) is 1.72. The van der Waals surface area contributed by atoms with Crippen molar-refractivity contribution in [2.75, 3.05) is 0 Å². The Labute approximate surface area is 99.6 Å². The topological polar surface area (TPSA) is 84.2 Å². The summed E-state index contributed by atoms with van der Waals surface area (Å²) in [6, 6.07) is -1.06. The third-order valence-electron chi connectivity index (χ3n) is 2.36. The van der Waals surface area contributed by atoms with Crippen LogP contribution in [0.5, 0.6) is 0 Å². The molecule has 1 rings (SSSR count). The van der Waals surface area contributed by atoms with Gasteiger partial charge in [-0.05, 0) is 0 Å². The summed E-state index contributed by atoms with van der Waals surface area (Å²) in [5.74, 6) is -1.10. The summed E-state index contributed by atoms with van der Waals surface area (Å²) in [5.41, 5.74) is 0.899. The Bertz CT molecular complexity index is 432. The lowest BCUT2D eigenvalue weighted by Gasteiger charge is -2.20. The number of carboxylic acids is 1. The fraction of sp³-hybridized carbons (Fsp3) is 0.545. The Balaban J connectivity index is 3.28. The highest BCUT2D eigenvalue weighted by Crippen LogP contribution is 2.28. The van der Waals surface area contributed by atoms with Crippen LogP contribution >= 0.6 is 0 Å². The number of carboxylic acid groups (broad SMARTS) is 1. The number of carbonyl (C=O) groups excluding carboxylic acids is 1. The molecule has 1 amide bonds. The second kappa shape index (κ2) is 4.57. The smallest absolute Gasteiger partial charge is 0.331 e. The van der Waals surface area contributed by atoms with Gasteiger partial charge in [0.15, 0.2) is 6.04 Å². The van der Waals surface area contributed by atoms with Crippen molar-refractivity contribution in [1.82, 2.24) is 15.1 Å². The molecule has 94 valence electrons. The Hall–Kier alpha value is -1.85. The van der Waals surface area contributed by atoms with Crippen molar-refractivity contribution >= 4 is 12.4 Å². The Morgan fingerprint density at radius 1 is 1.59 bits per heavy atom. The number of hydrogen-bond donors (Lipinski definition) is 2. The molecule has 0 radical (unpaired) electrons. The second-order valence-electron chi connectivity index (χ2n) is 4.91. The molecule has 6 nitrogen and oxygen atoms in total. The van der Waals surface area contributed by atoms with E-state index in [1.807, 2.05) is 20.8 Å². The van der Waals surface area contributed by atoms with E-state index in [4.69, 9.17) is 5.11 Å². The maximum atomic E-state index is 11.1. The van der Waals surface area contributed by atoms with Gasteiger partial charge in [0.25, 0.3) is 0 Å². The lowest BCUT2D eigenvalue weighted by molar-refractivity contribution is -0.140. The average molecular weight is 239 g/mol. The first kappa shape index (κ1) is 13.2. The standard InChI is InChI=1S/C11H17N3O3/c1-11(2,3)9-7(5-14(4)13-9)8(10(16)17)12-6-15/h5-6,8H,1-4H3,(H,12,15)(H,16,17). The molecule has 0 fully saturated rings. The van der Waals surface area contributed by atoms with E-state index in [2.05, 4.69) is 10.4 Å². The number of rotatable bonds is 4. The van der Waals surface area contributed by atoms with Crippen molar-refractivity contribution in [3.63, 3.8) is 0 Å². The van der Waals surface area contributed by atoms with Gasteiger partial charge in [0.1, 0.15) is 0 Å². The van der Waals surface area contributed by atoms with Gasteiger partial charge >= 0.3 is 5.97 Å². The van der Waals surface area contributed by atoms with Crippen LogP contribution in [0.3, 0.4) is 0 Å². The van der Waals surface area contributed by atoms with Crippen LogP contribution in [-0.4, -0.2) is 27.3 Å². The molecule has 1 heterocycles. The molecule has 0 aliphatic heterocycles. The summed E-state index contributed by atoms with van der Waals surface area (Å²) in [6.45, 7) is 5.83. The van der Waals surface area contributed by atoms with Crippen LogP contribution in [0.25, 0.3) is 0 Å². The first-order valence-corrected chi connectivity index (χ1v) is 5.24. The van der Waals surface area contributed by atoms with E-state index >= 15 is 0 Å². The molecule has 1 aromatic rings. The van der Waals surface area contributed by atoms with Crippen LogP contribution in [0, 0.1) is 0 Å². The molecule has 0 aromatic carbocycles. The molecular formula is C11H17N3O3. The zero-order valence-electron chi connectivity index (χ0n) is 10.4. The molecule has 1 atom stereocenters. The Morgan fingerprint density at radius 2 is 2.18 bits per heavy atom. The first-order valence-electron chi connectivity index (χ1n) is 5.24. The number of aromatic nitrogens is 2. The van der Waals surface area contributed by atoms with E-state index in [1.54, 1.807) is 17.9 Å². The van der Waals surface area contributed by atoms with Crippen molar-refractivity contribution in [2.24, 2.45) is 7.05 Å². The van der Waals surface area contributed by atoms with E-state index in [-0.39, 0.29) is 5.41 Å². The number of hydrogen-bond acceptors (Lipinski definition) is 3. The van der Waals surface area contributed by atoms with E-state index in [0.717, 1.165) is 0 Å². The maximum absolute atomic E-state index is 11.1. The number of nitrogens with zero attached hydrogens (tertiary/aromatic N) is 2. The quantitative estimate of drug-likeness (QED) is 0.753. The molecule has 17 heavy (non-hydrogen) atoms. The highest BCUT2D eigenvalue weighted by Gasteiger charge is 2.30. The van der Waals surface area contributed by atoms with Gasteiger partial charge in [-0.15, -0.1) is 0 Å². The molecule has 0 aliphatic rings. The number of nitrogens with one attached hydrogen (secondary N) is 1. The van der Waals surface area contributed by atoms with Crippen LogP contribution in [0.1, 0.15) is 38.1 Å². The molecule has 0 spiro atoms. The van der Waals surface area contributed by atoms with E-state index in [9.17, 15) is 9.59 Å². The van der Waals surface area contributed by atoms with Gasteiger partial charge in [-0.2, -0.15) is 5.10 Å². The molecule has 1 aromatic heterocycles. The van der Waals surface area contributed by atoms with Crippen LogP contribution < -0.4 is 5.32 Å². The number of carbonyl (C=O) groups is 2. The molecule has 1 unspecified atom stereocenters. The van der Waals surface area contributed by atoms with Crippen molar-refractivity contribution in [1.29, 1.82) is 0 Å². The second-order valence-corrected chi connectivity index (χ2v) is 4.91. The molecule has 6 heteroatoms. The average Bonchev–Trinajstić information content (AvgIpc) is 2.55. The molecule has 0 bridgehead atoms. The summed E-state index contributed by atoms with van der Waals surface area (Å²) in [6.07, 6.45) is 2.01. The monoisotopic (exact) mass is 239 g/mol. The van der Waals surface area contributed by atoms with Gasteiger partial charge in [0.05, 0.1) is 5.69 Å². The molecule has 0 saturated heterocycles. The molecule has 2 N–H and O–H groups in total. The summed E-state index contributed by atoms with van der Waals surface area (Å²) in [5, 5.41) is 15.7. The highest BCUT2D eigenvalue weighted by atomic mass is 16.4. The van der Waals surface area contributed by atoms with Crippen LogP contribution in [0.4, 0.5) is 0 Å². The van der Waals surface area contributed by atoms with Crippen LogP contribution in [0.2, 0.25) is 0 Å². The third kappa shape index (κ3) is 2.83. The molecular weight excluding hydrogens is 222 g/mol. The van der Waals surface area contributed by atoms with Gasteiger partial charge in [0, 0.05) is 24.2 Å². The normalized spacial score (nSPS) is 13.2. The Kier molecular flexibility index (Phi) is 3.55. The summed E-state index contributed by atoms with van der Waals surface area (Å²) in [4.78, 5) is 21.6. The van der Waals surface area contributed by atoms with Crippen molar-refractivity contribution in [3.05, 3.63) is 17.5 Å². The largest absolute Gasteiger partial charge is 0.479 e. The molecule has 0 aliphatic carbocycles. The third-order valence-corrected chi connectivity index (χ3v) is 2.36. The SMILES string of the molecule is Cn1cc(C(NC=O)C(=O)O)c(C(C)(C)C)n1. The number of aryl methyl sites for hydroxylation is 1. The minimum absolute atomic E-state index is 0.283. The summed E-state index contributed by atoms with van der Waals surface area (Å²) < 4.78 is 1.55. The predicted octanol–water partition coefficient (Wildman–Crippen LogP) is 0.589. The lowest BCUT2D eigenvalue weighted by atomic mass is 9.87. The minimum atomic E-state index is -1.10. The fourth-order valence-electron chi connectivity index (χ4n) is 1.66. The highest BCUT2D eigenvalue weighted by molar-refractivity contribution is 5.78. The minimum Gasteiger partial charge on any atom is -0.479 e. The number of aliphatic carboxylic acids is 1. The van der Waals surface area contributed by atoms with E-state index in [0.29, 0.717) is 17.7 Å². The van der Waals surface area contributed by atoms with Gasteiger partial charge < -0.3 is 10.4 Å². The Morgan fingerprint density at radius 3 is 2.59 bits per heavy atom. The zero-order valence-corrected chi connectivity index (χ0v) is 10.4. The van der Waals surface area contributed by atoms with Crippen molar-refractivity contribution in [3.8, 4) is 0 Å². The van der Waals surface area contributed by atoms with Gasteiger partial charge in [-0.3, -0.25) is 9.48 Å². The van der Waals surface area contributed by atoms with E-state index < -0.39 is 12.0 Å². The van der Waals surface area contributed by atoms with Crippen LogP contribution in [0.15, 0.2) is 6.20 Å². The lowest BCUT2D eigenvalue weighted by Crippen LogP contribution is -2.29. The van der Waals surface area contributed by atoms with E-state index in [1.165, 1.54) is 0 Å². The van der Waals surface area contributed by atoms with Crippen molar-refractivity contribution in [2.45, 2.75) is 32.2 Å².